The number of carbonyl (C=O) groups is 2. The van der Waals surface area contributed by atoms with Gasteiger partial charge < -0.3 is 10.4 Å². The second kappa shape index (κ2) is 7.13. The van der Waals surface area contributed by atoms with E-state index in [1.165, 1.54) is 6.07 Å². The van der Waals surface area contributed by atoms with Gasteiger partial charge in [-0.15, -0.1) is 11.8 Å². The van der Waals surface area contributed by atoms with Crippen molar-refractivity contribution in [2.24, 2.45) is 0 Å². The molecule has 0 atom stereocenters. The summed E-state index contributed by atoms with van der Waals surface area (Å²) in [6, 6.07) is 13.6. The van der Waals surface area contributed by atoms with Gasteiger partial charge in [0.2, 0.25) is 0 Å². The van der Waals surface area contributed by atoms with Gasteiger partial charge in [0.25, 0.3) is 5.91 Å². The van der Waals surface area contributed by atoms with Crippen molar-refractivity contribution in [2.75, 3.05) is 5.32 Å². The van der Waals surface area contributed by atoms with Crippen molar-refractivity contribution in [1.82, 2.24) is 0 Å². The van der Waals surface area contributed by atoms with Crippen LogP contribution in [0, 0.1) is 0 Å². The first-order valence-corrected chi connectivity index (χ1v) is 7.75. The number of amides is 1. The Morgan fingerprint density at radius 3 is 2.27 bits per heavy atom. The van der Waals surface area contributed by atoms with Crippen LogP contribution in [-0.2, 0) is 0 Å². The SMILES string of the molecule is CC(C)Sc1ccc(C(=O)Nc2ccccc2C(=O)O)cc1. The molecule has 5 heteroatoms. The normalized spacial score (nSPS) is 10.5. The maximum Gasteiger partial charge on any atom is 0.337 e. The Bertz CT molecular complexity index is 681. The Morgan fingerprint density at radius 1 is 1.05 bits per heavy atom. The summed E-state index contributed by atoms with van der Waals surface area (Å²) in [5, 5.41) is 12.2. The summed E-state index contributed by atoms with van der Waals surface area (Å²) in [5.41, 5.74) is 0.858. The minimum atomic E-state index is -1.07. The van der Waals surface area contributed by atoms with E-state index in [1.807, 2.05) is 12.1 Å². The molecule has 0 aromatic heterocycles. The summed E-state index contributed by atoms with van der Waals surface area (Å²) in [5.74, 6) is -1.39. The minimum Gasteiger partial charge on any atom is -0.478 e. The fourth-order valence-electron chi connectivity index (χ4n) is 1.93. The quantitative estimate of drug-likeness (QED) is 0.814. The highest BCUT2D eigenvalue weighted by Gasteiger charge is 2.13. The van der Waals surface area contributed by atoms with Crippen molar-refractivity contribution >= 4 is 29.3 Å². The molecule has 0 aliphatic carbocycles. The predicted molar refractivity (Wildman–Crippen MR) is 88.8 cm³/mol. The van der Waals surface area contributed by atoms with E-state index in [1.54, 1.807) is 42.1 Å². The summed E-state index contributed by atoms with van der Waals surface area (Å²) < 4.78 is 0. The van der Waals surface area contributed by atoms with E-state index in [0.29, 0.717) is 16.5 Å². The van der Waals surface area contributed by atoms with E-state index >= 15 is 0 Å². The molecule has 4 nitrogen and oxygen atoms in total. The highest BCUT2D eigenvalue weighted by Crippen LogP contribution is 2.23. The zero-order valence-corrected chi connectivity index (χ0v) is 13.2. The number of hydrogen-bond acceptors (Lipinski definition) is 3. The molecule has 0 spiro atoms. The van der Waals surface area contributed by atoms with Crippen LogP contribution in [0.15, 0.2) is 53.4 Å². The van der Waals surface area contributed by atoms with Gasteiger partial charge in [-0.3, -0.25) is 4.79 Å². The lowest BCUT2D eigenvalue weighted by atomic mass is 10.1. The van der Waals surface area contributed by atoms with Crippen LogP contribution in [0.5, 0.6) is 0 Å². The second-order valence-electron chi connectivity index (χ2n) is 5.00. The van der Waals surface area contributed by atoms with Crippen LogP contribution in [0.4, 0.5) is 5.69 Å². The zero-order valence-electron chi connectivity index (χ0n) is 12.4. The van der Waals surface area contributed by atoms with Gasteiger partial charge in [0.15, 0.2) is 0 Å². The molecular weight excluding hydrogens is 298 g/mol. The fraction of sp³-hybridized carbons (Fsp3) is 0.176. The van der Waals surface area contributed by atoms with Crippen molar-refractivity contribution in [1.29, 1.82) is 0 Å². The van der Waals surface area contributed by atoms with E-state index < -0.39 is 5.97 Å². The van der Waals surface area contributed by atoms with Crippen molar-refractivity contribution < 1.29 is 14.7 Å². The molecule has 0 unspecified atom stereocenters. The fourth-order valence-corrected chi connectivity index (χ4v) is 2.77. The molecule has 0 radical (unpaired) electrons. The van der Waals surface area contributed by atoms with Gasteiger partial charge in [-0.25, -0.2) is 4.79 Å². The monoisotopic (exact) mass is 315 g/mol. The first-order chi connectivity index (χ1) is 10.5. The number of carbonyl (C=O) groups excluding carboxylic acids is 1. The van der Waals surface area contributed by atoms with Gasteiger partial charge >= 0.3 is 5.97 Å². The Kier molecular flexibility index (Phi) is 5.22. The third kappa shape index (κ3) is 4.11. The Hall–Kier alpha value is -2.27. The molecule has 0 saturated carbocycles. The lowest BCUT2D eigenvalue weighted by molar-refractivity contribution is 0.0698. The van der Waals surface area contributed by atoms with Crippen LogP contribution in [-0.4, -0.2) is 22.2 Å². The summed E-state index contributed by atoms with van der Waals surface area (Å²) in [7, 11) is 0. The topological polar surface area (TPSA) is 66.4 Å². The molecular formula is C17H17NO3S. The lowest BCUT2D eigenvalue weighted by Gasteiger charge is -2.09. The zero-order chi connectivity index (χ0) is 16.1. The maximum atomic E-state index is 12.2. The lowest BCUT2D eigenvalue weighted by Crippen LogP contribution is -2.14. The molecule has 0 saturated heterocycles. The average molecular weight is 315 g/mol. The molecule has 0 aliphatic heterocycles. The molecule has 2 aromatic rings. The molecule has 114 valence electrons. The van der Waals surface area contributed by atoms with Crippen LogP contribution in [0.1, 0.15) is 34.6 Å². The third-order valence-electron chi connectivity index (χ3n) is 2.89. The Labute approximate surface area is 133 Å². The van der Waals surface area contributed by atoms with Crippen molar-refractivity contribution in [3.63, 3.8) is 0 Å². The van der Waals surface area contributed by atoms with Crippen molar-refractivity contribution in [3.8, 4) is 0 Å². The van der Waals surface area contributed by atoms with E-state index in [9.17, 15) is 9.59 Å². The first-order valence-electron chi connectivity index (χ1n) is 6.88. The highest BCUT2D eigenvalue weighted by atomic mass is 32.2. The summed E-state index contributed by atoms with van der Waals surface area (Å²) in [4.78, 5) is 24.4. The molecule has 0 fully saturated rings. The van der Waals surface area contributed by atoms with Crippen molar-refractivity contribution in [2.45, 2.75) is 24.0 Å². The number of carboxylic acids is 1. The predicted octanol–water partition coefficient (Wildman–Crippen LogP) is 4.14. The molecule has 1 amide bonds. The van der Waals surface area contributed by atoms with Crippen LogP contribution in [0.25, 0.3) is 0 Å². The standard InChI is InChI=1S/C17H17NO3S/c1-11(2)22-13-9-7-12(8-10-13)16(19)18-15-6-4-3-5-14(15)17(20)21/h3-11H,1-2H3,(H,18,19)(H,20,21). The summed E-state index contributed by atoms with van der Waals surface area (Å²) >= 11 is 1.72. The van der Waals surface area contributed by atoms with Gasteiger partial charge in [-0.2, -0.15) is 0 Å². The number of para-hydroxylation sites is 1. The van der Waals surface area contributed by atoms with Crippen LogP contribution < -0.4 is 5.32 Å². The van der Waals surface area contributed by atoms with Gasteiger partial charge in [-0.1, -0.05) is 26.0 Å². The molecule has 0 aliphatic rings. The smallest absolute Gasteiger partial charge is 0.337 e. The Morgan fingerprint density at radius 2 is 1.68 bits per heavy atom. The molecule has 0 heterocycles. The van der Waals surface area contributed by atoms with Crippen LogP contribution in [0.3, 0.4) is 0 Å². The molecule has 2 aromatic carbocycles. The highest BCUT2D eigenvalue weighted by molar-refractivity contribution is 7.99. The van der Waals surface area contributed by atoms with Crippen LogP contribution in [0.2, 0.25) is 0 Å². The van der Waals surface area contributed by atoms with Gasteiger partial charge in [0, 0.05) is 15.7 Å². The molecule has 2 rings (SSSR count). The number of carboxylic acid groups (broad SMARTS) is 1. The number of nitrogens with one attached hydrogen (secondary N) is 1. The van der Waals surface area contributed by atoms with E-state index in [0.717, 1.165) is 4.90 Å². The number of anilines is 1. The third-order valence-corrected chi connectivity index (χ3v) is 3.91. The molecule has 2 N–H and O–H groups in total. The molecule has 22 heavy (non-hydrogen) atoms. The number of hydrogen-bond donors (Lipinski definition) is 2. The van der Waals surface area contributed by atoms with Crippen molar-refractivity contribution in [3.05, 3.63) is 59.7 Å². The average Bonchev–Trinajstić information content (AvgIpc) is 2.47. The number of rotatable bonds is 5. The summed E-state index contributed by atoms with van der Waals surface area (Å²) in [6.07, 6.45) is 0. The number of aromatic carboxylic acids is 1. The maximum absolute atomic E-state index is 12.2. The molecule has 0 bridgehead atoms. The number of benzene rings is 2. The Balaban J connectivity index is 2.14. The van der Waals surface area contributed by atoms with Gasteiger partial charge in [0.1, 0.15) is 0 Å². The van der Waals surface area contributed by atoms with E-state index in [-0.39, 0.29) is 11.5 Å². The van der Waals surface area contributed by atoms with Crippen LogP contribution >= 0.6 is 11.8 Å². The van der Waals surface area contributed by atoms with Gasteiger partial charge in [0.05, 0.1) is 11.3 Å². The number of thioether (sulfide) groups is 1. The minimum absolute atomic E-state index is 0.0721. The summed E-state index contributed by atoms with van der Waals surface area (Å²) in [6.45, 7) is 4.21. The largest absolute Gasteiger partial charge is 0.478 e. The van der Waals surface area contributed by atoms with E-state index in [2.05, 4.69) is 19.2 Å². The first kappa shape index (κ1) is 16.1. The second-order valence-corrected chi connectivity index (χ2v) is 6.65. The van der Waals surface area contributed by atoms with Gasteiger partial charge in [-0.05, 0) is 36.4 Å². The van der Waals surface area contributed by atoms with E-state index in [4.69, 9.17) is 5.11 Å².